The SMILES string of the molecule is CC1C(=O)Nc2cc([N+](=O)[O-])c(NC(=O)c3cccnc3)cc21. The van der Waals surface area contributed by atoms with E-state index in [1.54, 1.807) is 19.1 Å². The van der Waals surface area contributed by atoms with Crippen LogP contribution in [0.15, 0.2) is 36.7 Å². The average Bonchev–Trinajstić information content (AvgIpc) is 2.82. The lowest BCUT2D eigenvalue weighted by molar-refractivity contribution is -0.383. The Balaban J connectivity index is 2.00. The summed E-state index contributed by atoms with van der Waals surface area (Å²) in [5.74, 6) is -1.17. The lowest BCUT2D eigenvalue weighted by Crippen LogP contribution is -2.13. The number of aromatic nitrogens is 1. The number of benzene rings is 1. The molecular weight excluding hydrogens is 300 g/mol. The van der Waals surface area contributed by atoms with Crippen LogP contribution in [0, 0.1) is 10.1 Å². The van der Waals surface area contributed by atoms with Gasteiger partial charge in [0.05, 0.1) is 22.1 Å². The Labute approximate surface area is 130 Å². The molecule has 116 valence electrons. The maximum absolute atomic E-state index is 12.2. The van der Waals surface area contributed by atoms with Gasteiger partial charge in [-0.2, -0.15) is 0 Å². The largest absolute Gasteiger partial charge is 0.325 e. The molecule has 0 bridgehead atoms. The van der Waals surface area contributed by atoms with Crippen LogP contribution in [0.5, 0.6) is 0 Å². The van der Waals surface area contributed by atoms with Crippen LogP contribution in [-0.2, 0) is 4.79 Å². The molecule has 1 aliphatic rings. The van der Waals surface area contributed by atoms with Crippen molar-refractivity contribution < 1.29 is 14.5 Å². The molecule has 0 saturated heterocycles. The van der Waals surface area contributed by atoms with Gasteiger partial charge in [0.2, 0.25) is 5.91 Å². The molecule has 2 heterocycles. The van der Waals surface area contributed by atoms with Gasteiger partial charge in [-0.05, 0) is 30.7 Å². The number of nitrogens with zero attached hydrogens (tertiary/aromatic N) is 2. The third-order valence-corrected chi connectivity index (χ3v) is 3.65. The van der Waals surface area contributed by atoms with Crippen molar-refractivity contribution >= 4 is 28.9 Å². The molecule has 8 nitrogen and oxygen atoms in total. The molecule has 3 rings (SSSR count). The van der Waals surface area contributed by atoms with Gasteiger partial charge in [0.15, 0.2) is 0 Å². The van der Waals surface area contributed by atoms with Crippen LogP contribution in [0.25, 0.3) is 0 Å². The first-order valence-corrected chi connectivity index (χ1v) is 6.82. The van der Waals surface area contributed by atoms with Gasteiger partial charge in [0.1, 0.15) is 5.69 Å². The second kappa shape index (κ2) is 5.48. The monoisotopic (exact) mass is 312 g/mol. The number of nitro benzene ring substituents is 1. The first-order valence-electron chi connectivity index (χ1n) is 6.82. The van der Waals surface area contributed by atoms with E-state index in [1.807, 2.05) is 0 Å². The van der Waals surface area contributed by atoms with E-state index in [0.717, 1.165) is 0 Å². The number of nitrogens with one attached hydrogen (secondary N) is 2. The quantitative estimate of drug-likeness (QED) is 0.666. The minimum atomic E-state index is -0.603. The number of fused-ring (bicyclic) bond motifs is 1. The molecule has 0 saturated carbocycles. The summed E-state index contributed by atoms with van der Waals surface area (Å²) in [4.78, 5) is 38.3. The molecule has 1 aromatic heterocycles. The summed E-state index contributed by atoms with van der Waals surface area (Å²) in [6, 6.07) is 5.87. The van der Waals surface area contributed by atoms with Gasteiger partial charge >= 0.3 is 0 Å². The summed E-state index contributed by atoms with van der Waals surface area (Å²) < 4.78 is 0. The van der Waals surface area contributed by atoms with Gasteiger partial charge in [-0.1, -0.05) is 0 Å². The molecule has 1 atom stereocenters. The zero-order valence-corrected chi connectivity index (χ0v) is 12.1. The Morgan fingerprint density at radius 3 is 2.87 bits per heavy atom. The van der Waals surface area contributed by atoms with Crippen molar-refractivity contribution in [1.82, 2.24) is 4.98 Å². The number of pyridine rings is 1. The number of nitro groups is 1. The van der Waals surface area contributed by atoms with Crippen molar-refractivity contribution in [3.63, 3.8) is 0 Å². The van der Waals surface area contributed by atoms with Crippen LogP contribution in [0.2, 0.25) is 0 Å². The predicted octanol–water partition coefficient (Wildman–Crippen LogP) is 2.30. The van der Waals surface area contributed by atoms with Crippen molar-refractivity contribution in [2.75, 3.05) is 10.6 Å². The Morgan fingerprint density at radius 2 is 2.22 bits per heavy atom. The van der Waals surface area contributed by atoms with Gasteiger partial charge in [-0.25, -0.2) is 0 Å². The number of rotatable bonds is 3. The summed E-state index contributed by atoms with van der Waals surface area (Å²) >= 11 is 0. The Bertz CT molecular complexity index is 820. The van der Waals surface area contributed by atoms with E-state index in [4.69, 9.17) is 0 Å². The Hall–Kier alpha value is -3.29. The normalized spacial score (nSPS) is 15.7. The molecule has 1 aliphatic heterocycles. The second-order valence-electron chi connectivity index (χ2n) is 5.12. The molecule has 2 aromatic rings. The van der Waals surface area contributed by atoms with Crippen molar-refractivity contribution in [1.29, 1.82) is 0 Å². The van der Waals surface area contributed by atoms with Gasteiger partial charge < -0.3 is 10.6 Å². The van der Waals surface area contributed by atoms with Gasteiger partial charge in [-0.15, -0.1) is 0 Å². The smallest absolute Gasteiger partial charge is 0.294 e. The summed E-state index contributed by atoms with van der Waals surface area (Å²) in [5.41, 5.74) is 1.06. The minimum absolute atomic E-state index is 0.0472. The van der Waals surface area contributed by atoms with Gasteiger partial charge in [0.25, 0.3) is 11.6 Å². The van der Waals surface area contributed by atoms with Crippen molar-refractivity contribution in [3.05, 3.63) is 57.9 Å². The lowest BCUT2D eigenvalue weighted by Gasteiger charge is -2.09. The van der Waals surface area contributed by atoms with Crippen LogP contribution in [0.1, 0.15) is 28.8 Å². The number of amides is 2. The van der Waals surface area contributed by atoms with E-state index in [0.29, 0.717) is 11.3 Å². The highest BCUT2D eigenvalue weighted by Crippen LogP contribution is 2.39. The summed E-state index contributed by atoms with van der Waals surface area (Å²) in [6.07, 6.45) is 2.88. The molecule has 8 heteroatoms. The minimum Gasteiger partial charge on any atom is -0.325 e. The number of carbonyl (C=O) groups is 2. The molecule has 0 aliphatic carbocycles. The lowest BCUT2D eigenvalue weighted by atomic mass is 10.0. The summed E-state index contributed by atoms with van der Waals surface area (Å²) in [6.45, 7) is 1.69. The standard InChI is InChI=1S/C15H12N4O4/c1-8-10-5-12(18-15(21)9-3-2-4-16-7-9)13(19(22)23)6-11(10)17-14(8)20/h2-8H,1H3,(H,17,20)(H,18,21). The number of hydrogen-bond donors (Lipinski definition) is 2. The number of hydrogen-bond acceptors (Lipinski definition) is 5. The van der Waals surface area contributed by atoms with E-state index in [9.17, 15) is 19.7 Å². The maximum atomic E-state index is 12.2. The molecule has 2 N–H and O–H groups in total. The molecule has 0 fully saturated rings. The second-order valence-corrected chi connectivity index (χ2v) is 5.12. The molecule has 1 unspecified atom stereocenters. The zero-order valence-electron chi connectivity index (χ0n) is 12.1. The van der Waals surface area contributed by atoms with Crippen LogP contribution in [0.3, 0.4) is 0 Å². The van der Waals surface area contributed by atoms with Gasteiger partial charge in [0, 0.05) is 18.5 Å². The van der Waals surface area contributed by atoms with Crippen LogP contribution >= 0.6 is 0 Å². The summed E-state index contributed by atoms with van der Waals surface area (Å²) in [5, 5.41) is 16.3. The fourth-order valence-corrected chi connectivity index (χ4v) is 2.40. The Kier molecular flexibility index (Phi) is 3.49. The summed E-state index contributed by atoms with van der Waals surface area (Å²) in [7, 11) is 0. The van der Waals surface area contributed by atoms with Crippen molar-refractivity contribution in [2.24, 2.45) is 0 Å². The fraction of sp³-hybridized carbons (Fsp3) is 0.133. The zero-order chi connectivity index (χ0) is 16.6. The van der Waals surface area contributed by atoms with Gasteiger partial charge in [-0.3, -0.25) is 24.7 Å². The Morgan fingerprint density at radius 1 is 1.43 bits per heavy atom. The van der Waals surface area contributed by atoms with Crippen molar-refractivity contribution in [2.45, 2.75) is 12.8 Å². The van der Waals surface area contributed by atoms with Crippen LogP contribution < -0.4 is 10.6 Å². The number of carbonyl (C=O) groups excluding carboxylic acids is 2. The highest BCUT2D eigenvalue weighted by atomic mass is 16.6. The van der Waals surface area contributed by atoms with E-state index in [-0.39, 0.29) is 22.8 Å². The van der Waals surface area contributed by atoms with Crippen LogP contribution in [0.4, 0.5) is 17.1 Å². The van der Waals surface area contributed by atoms with E-state index in [1.165, 1.54) is 24.5 Å². The highest BCUT2D eigenvalue weighted by Gasteiger charge is 2.31. The third kappa shape index (κ3) is 2.61. The molecule has 1 aromatic carbocycles. The number of anilines is 2. The molecular formula is C15H12N4O4. The predicted molar refractivity (Wildman–Crippen MR) is 82.3 cm³/mol. The molecule has 0 spiro atoms. The highest BCUT2D eigenvalue weighted by molar-refractivity contribution is 6.07. The fourth-order valence-electron chi connectivity index (χ4n) is 2.40. The van der Waals surface area contributed by atoms with Crippen LogP contribution in [-0.4, -0.2) is 21.7 Å². The third-order valence-electron chi connectivity index (χ3n) is 3.65. The van der Waals surface area contributed by atoms with E-state index in [2.05, 4.69) is 15.6 Å². The molecule has 0 radical (unpaired) electrons. The molecule has 23 heavy (non-hydrogen) atoms. The topological polar surface area (TPSA) is 114 Å². The van der Waals surface area contributed by atoms with Crippen molar-refractivity contribution in [3.8, 4) is 0 Å². The van der Waals surface area contributed by atoms with E-state index >= 15 is 0 Å². The maximum Gasteiger partial charge on any atom is 0.294 e. The average molecular weight is 312 g/mol. The first-order chi connectivity index (χ1) is 11.0. The molecule has 2 amide bonds. The van der Waals surface area contributed by atoms with E-state index < -0.39 is 16.7 Å². The first kappa shape index (κ1) is 14.6.